The molecule has 0 radical (unpaired) electrons. The number of nitrogens with two attached hydrogens (primary N) is 1. The van der Waals surface area contributed by atoms with E-state index in [1.165, 1.54) is 0 Å². The van der Waals surface area contributed by atoms with Crippen LogP contribution in [-0.2, 0) is 9.59 Å². The first-order valence-electron chi connectivity index (χ1n) is 6.69. The highest BCUT2D eigenvalue weighted by Crippen LogP contribution is 2.46. The van der Waals surface area contributed by atoms with Gasteiger partial charge in [0, 0.05) is 12.3 Å². The fourth-order valence-corrected chi connectivity index (χ4v) is 2.93. The Hall–Kier alpha value is -1.68. The first-order chi connectivity index (χ1) is 9.11. The molecular weight excluding hydrogens is 242 g/mol. The van der Waals surface area contributed by atoms with Crippen molar-refractivity contribution in [2.45, 2.75) is 38.0 Å². The molecule has 3 rings (SSSR count). The van der Waals surface area contributed by atoms with E-state index in [0.29, 0.717) is 18.1 Å². The van der Waals surface area contributed by atoms with Gasteiger partial charge >= 0.3 is 0 Å². The lowest BCUT2D eigenvalue weighted by molar-refractivity contribution is -0.124. The third-order valence-electron chi connectivity index (χ3n) is 4.12. The van der Waals surface area contributed by atoms with Gasteiger partial charge in [0.15, 0.2) is 5.78 Å². The Morgan fingerprint density at radius 1 is 1.21 bits per heavy atom. The summed E-state index contributed by atoms with van der Waals surface area (Å²) in [6, 6.07) is 5.50. The quantitative estimate of drug-likeness (QED) is 0.666. The molecule has 2 N–H and O–H groups in total. The Balaban J connectivity index is 2.07. The number of carbonyl (C=O) groups excluding carboxylic acids is 2. The maximum Gasteiger partial charge on any atom is 0.150 e. The van der Waals surface area contributed by atoms with Crippen molar-refractivity contribution in [2.75, 3.05) is 0 Å². The van der Waals surface area contributed by atoms with Gasteiger partial charge in [0.2, 0.25) is 0 Å². The summed E-state index contributed by atoms with van der Waals surface area (Å²) >= 11 is 0. The van der Waals surface area contributed by atoms with Gasteiger partial charge in [0.25, 0.3) is 0 Å². The van der Waals surface area contributed by atoms with Crippen molar-refractivity contribution in [1.82, 2.24) is 0 Å². The number of Topliss-reactive ketones (excluding diaryl/α,β-unsaturated/α-hetero) is 2. The largest absolute Gasteiger partial charge is 0.412 e. The van der Waals surface area contributed by atoms with Gasteiger partial charge in [-0.3, -0.25) is 9.59 Å². The minimum Gasteiger partial charge on any atom is -0.412 e. The zero-order valence-electron chi connectivity index (χ0n) is 10.9. The third-order valence-corrected chi connectivity index (χ3v) is 4.12. The average Bonchev–Trinajstić information content (AvgIpc) is 3.19. The van der Waals surface area contributed by atoms with Gasteiger partial charge in [-0.15, -0.1) is 0 Å². The zero-order chi connectivity index (χ0) is 13.6. The predicted molar refractivity (Wildman–Crippen MR) is 69.8 cm³/mol. The van der Waals surface area contributed by atoms with Crippen LogP contribution in [0.2, 0.25) is 0 Å². The Morgan fingerprint density at radius 3 is 2.47 bits per heavy atom. The lowest BCUT2D eigenvalue weighted by atomic mass is 9.88. The highest BCUT2D eigenvalue weighted by molar-refractivity contribution is 6.14. The molecule has 2 aliphatic rings. The van der Waals surface area contributed by atoms with Crippen LogP contribution in [0.15, 0.2) is 18.2 Å². The Labute approximate surface area is 111 Å². The molecule has 1 aromatic carbocycles. The van der Waals surface area contributed by atoms with Crippen LogP contribution in [0.4, 0.5) is 0 Å². The highest BCUT2D eigenvalue weighted by Gasteiger charge is 2.42. The molecule has 0 aliphatic heterocycles. The molecule has 0 heterocycles. The summed E-state index contributed by atoms with van der Waals surface area (Å²) in [5.41, 5.74) is 1.92. The van der Waals surface area contributed by atoms with Gasteiger partial charge in [0.1, 0.15) is 17.5 Å². The first-order valence-corrected chi connectivity index (χ1v) is 6.69. The van der Waals surface area contributed by atoms with Crippen molar-refractivity contribution < 1.29 is 14.4 Å². The van der Waals surface area contributed by atoms with Crippen molar-refractivity contribution >= 4 is 11.6 Å². The number of ketones is 2. The summed E-state index contributed by atoms with van der Waals surface area (Å²) in [4.78, 5) is 29.1. The maximum atomic E-state index is 12.2. The van der Waals surface area contributed by atoms with E-state index in [9.17, 15) is 9.59 Å². The molecule has 4 nitrogen and oxygen atoms in total. The van der Waals surface area contributed by atoms with E-state index >= 15 is 0 Å². The lowest BCUT2D eigenvalue weighted by Gasteiger charge is -2.15. The Morgan fingerprint density at radius 2 is 1.95 bits per heavy atom. The van der Waals surface area contributed by atoms with E-state index in [2.05, 4.69) is 0 Å². The van der Waals surface area contributed by atoms with E-state index < -0.39 is 5.92 Å². The van der Waals surface area contributed by atoms with Crippen molar-refractivity contribution in [3.05, 3.63) is 29.3 Å². The van der Waals surface area contributed by atoms with Crippen LogP contribution in [0.25, 0.3) is 0 Å². The molecule has 0 saturated heterocycles. The summed E-state index contributed by atoms with van der Waals surface area (Å²) in [6.07, 6.45) is 2.60. The molecule has 0 spiro atoms. The van der Waals surface area contributed by atoms with Crippen LogP contribution in [0.3, 0.4) is 0 Å². The molecule has 0 amide bonds. The van der Waals surface area contributed by atoms with E-state index in [-0.39, 0.29) is 17.5 Å². The minimum absolute atomic E-state index is 0.0218. The molecule has 100 valence electrons. The van der Waals surface area contributed by atoms with Gasteiger partial charge < -0.3 is 4.84 Å². The fourth-order valence-electron chi connectivity index (χ4n) is 2.93. The second-order valence-electron chi connectivity index (χ2n) is 5.59. The second-order valence-corrected chi connectivity index (χ2v) is 5.59. The molecule has 2 aliphatic carbocycles. The topological polar surface area (TPSA) is 69.4 Å². The summed E-state index contributed by atoms with van der Waals surface area (Å²) in [7, 11) is 0. The number of carbonyl (C=O) groups is 2. The van der Waals surface area contributed by atoms with E-state index in [1.54, 1.807) is 12.1 Å². The molecule has 1 aromatic rings. The van der Waals surface area contributed by atoms with Gasteiger partial charge in [-0.25, -0.2) is 0 Å². The Kier molecular flexibility index (Phi) is 2.90. The van der Waals surface area contributed by atoms with Crippen molar-refractivity contribution in [3.8, 4) is 5.75 Å². The van der Waals surface area contributed by atoms with Gasteiger partial charge in [-0.05, 0) is 42.0 Å². The number of hydrogen-bond donors (Lipinski definition) is 1. The monoisotopic (exact) mass is 259 g/mol. The highest BCUT2D eigenvalue weighted by atomic mass is 16.6. The van der Waals surface area contributed by atoms with E-state index in [0.717, 1.165) is 24.0 Å². The van der Waals surface area contributed by atoms with Gasteiger partial charge in [0.05, 0.1) is 0 Å². The minimum atomic E-state index is -0.610. The van der Waals surface area contributed by atoms with Crippen LogP contribution in [0, 0.1) is 5.92 Å². The van der Waals surface area contributed by atoms with Crippen LogP contribution in [-0.4, -0.2) is 11.6 Å². The average molecular weight is 259 g/mol. The van der Waals surface area contributed by atoms with Crippen LogP contribution < -0.4 is 10.7 Å². The molecular formula is C15H17NO3. The summed E-state index contributed by atoms with van der Waals surface area (Å²) < 4.78 is 0. The normalized spacial score (nSPS) is 26.8. The molecule has 2 unspecified atom stereocenters. The van der Waals surface area contributed by atoms with Crippen LogP contribution in [0.5, 0.6) is 5.75 Å². The predicted octanol–water partition coefficient (Wildman–Crippen LogP) is 2.08. The second kappa shape index (κ2) is 4.46. The van der Waals surface area contributed by atoms with Crippen LogP contribution in [0.1, 0.15) is 49.1 Å². The Bertz CT molecular complexity index is 548. The first kappa shape index (κ1) is 12.4. The third kappa shape index (κ3) is 2.06. The summed E-state index contributed by atoms with van der Waals surface area (Å²) in [6.45, 7) is 1.82. The lowest BCUT2D eigenvalue weighted by Crippen LogP contribution is -2.16. The van der Waals surface area contributed by atoms with Crippen molar-refractivity contribution in [3.63, 3.8) is 0 Å². The van der Waals surface area contributed by atoms with Gasteiger partial charge in [-0.2, -0.15) is 5.90 Å². The summed E-state index contributed by atoms with van der Waals surface area (Å²) in [5, 5.41) is 0. The van der Waals surface area contributed by atoms with E-state index in [1.807, 2.05) is 13.0 Å². The molecule has 2 atom stereocenters. The summed E-state index contributed by atoms with van der Waals surface area (Å²) in [5.74, 6) is 5.44. The molecule has 4 heteroatoms. The van der Waals surface area contributed by atoms with Crippen LogP contribution >= 0.6 is 0 Å². The smallest absolute Gasteiger partial charge is 0.150 e. The number of rotatable bonds is 3. The molecule has 19 heavy (non-hydrogen) atoms. The molecule has 0 bridgehead atoms. The van der Waals surface area contributed by atoms with Crippen molar-refractivity contribution in [1.29, 1.82) is 0 Å². The maximum absolute atomic E-state index is 12.2. The standard InChI is InChI=1S/C15H17NO3/c1-8-6-13(17)14(15(8)18)12-7-10(19-16)4-5-11(12)9-2-3-9/h4-5,7-9,14H,2-3,6,16H2,1H3. The number of benzene rings is 1. The van der Waals surface area contributed by atoms with E-state index in [4.69, 9.17) is 10.7 Å². The van der Waals surface area contributed by atoms with Gasteiger partial charge in [-0.1, -0.05) is 13.0 Å². The molecule has 0 aromatic heterocycles. The zero-order valence-corrected chi connectivity index (χ0v) is 10.9. The number of hydrogen-bond acceptors (Lipinski definition) is 4. The van der Waals surface area contributed by atoms with Crippen molar-refractivity contribution in [2.24, 2.45) is 11.8 Å². The molecule has 2 saturated carbocycles. The molecule has 2 fully saturated rings. The fraction of sp³-hybridized carbons (Fsp3) is 0.467. The SMILES string of the molecule is CC1CC(=O)C(c2cc(ON)ccc2C2CC2)C1=O.